The van der Waals surface area contributed by atoms with Crippen molar-refractivity contribution in [2.45, 2.75) is 31.5 Å². The number of carbonyl (C=O) groups is 3. The number of carboxylic acids is 1. The van der Waals surface area contributed by atoms with E-state index in [2.05, 4.69) is 20.6 Å². The van der Waals surface area contributed by atoms with Crippen LogP contribution in [0.25, 0.3) is 10.8 Å². The second kappa shape index (κ2) is 11.7. The molecule has 4 rings (SSSR count). The fourth-order valence-electron chi connectivity index (χ4n) is 3.90. The first-order valence-corrected chi connectivity index (χ1v) is 11.4. The van der Waals surface area contributed by atoms with E-state index in [1.54, 1.807) is 0 Å². The minimum atomic E-state index is -1.21. The van der Waals surface area contributed by atoms with Crippen molar-refractivity contribution in [3.8, 4) is 0 Å². The van der Waals surface area contributed by atoms with Gasteiger partial charge in [0.05, 0.1) is 6.33 Å². The first-order chi connectivity index (χ1) is 17.5. The van der Waals surface area contributed by atoms with Crippen molar-refractivity contribution < 1.29 is 24.2 Å². The third kappa shape index (κ3) is 6.47. The van der Waals surface area contributed by atoms with Crippen LogP contribution in [0.1, 0.15) is 16.8 Å². The summed E-state index contributed by atoms with van der Waals surface area (Å²) >= 11 is 0. The van der Waals surface area contributed by atoms with Crippen LogP contribution in [0.5, 0.6) is 0 Å². The highest BCUT2D eigenvalue weighted by atomic mass is 16.5. The Balaban J connectivity index is 1.52. The molecule has 0 fully saturated rings. The van der Waals surface area contributed by atoms with Crippen molar-refractivity contribution in [2.75, 3.05) is 0 Å². The van der Waals surface area contributed by atoms with E-state index in [4.69, 9.17) is 4.74 Å². The Bertz CT molecular complexity index is 1320. The van der Waals surface area contributed by atoms with Gasteiger partial charge in [0.15, 0.2) is 0 Å². The summed E-state index contributed by atoms with van der Waals surface area (Å²) in [5.41, 5.74) is 2.19. The maximum absolute atomic E-state index is 13.3. The molecule has 0 aliphatic heterocycles. The molecule has 36 heavy (non-hydrogen) atoms. The molecule has 0 aliphatic carbocycles. The maximum Gasteiger partial charge on any atom is 0.408 e. The summed E-state index contributed by atoms with van der Waals surface area (Å²) in [4.78, 5) is 44.4. The number of imidazole rings is 1. The zero-order chi connectivity index (χ0) is 25.3. The molecule has 0 spiro atoms. The number of aromatic amines is 1. The van der Waals surface area contributed by atoms with E-state index in [-0.39, 0.29) is 19.4 Å². The summed E-state index contributed by atoms with van der Waals surface area (Å²) in [6, 6.07) is 20.3. The summed E-state index contributed by atoms with van der Waals surface area (Å²) in [5, 5.41) is 16.8. The van der Waals surface area contributed by atoms with Crippen molar-refractivity contribution in [1.82, 2.24) is 20.6 Å². The molecule has 0 aliphatic rings. The summed E-state index contributed by atoms with van der Waals surface area (Å²) in [7, 11) is 0. The van der Waals surface area contributed by atoms with Gasteiger partial charge in [-0.1, -0.05) is 72.8 Å². The number of H-pyrrole nitrogens is 1. The number of hydrogen-bond acceptors (Lipinski definition) is 5. The van der Waals surface area contributed by atoms with Crippen LogP contribution in [0, 0.1) is 0 Å². The number of hydrogen-bond donors (Lipinski definition) is 4. The summed E-state index contributed by atoms with van der Waals surface area (Å²) in [6.07, 6.45) is 2.31. The number of nitrogens with zero attached hydrogens (tertiary/aromatic N) is 1. The van der Waals surface area contributed by atoms with Gasteiger partial charge in [0.1, 0.15) is 18.7 Å². The molecule has 2 amide bonds. The van der Waals surface area contributed by atoms with Crippen molar-refractivity contribution in [3.05, 3.63) is 102 Å². The van der Waals surface area contributed by atoms with E-state index in [0.29, 0.717) is 5.69 Å². The van der Waals surface area contributed by atoms with Crippen molar-refractivity contribution in [3.63, 3.8) is 0 Å². The first-order valence-electron chi connectivity index (χ1n) is 11.4. The molecule has 0 saturated carbocycles. The molecule has 0 radical (unpaired) electrons. The third-order valence-corrected chi connectivity index (χ3v) is 5.72. The van der Waals surface area contributed by atoms with Gasteiger partial charge in [-0.05, 0) is 21.9 Å². The Labute approximate surface area is 207 Å². The minimum absolute atomic E-state index is 0.0144. The molecule has 0 bridgehead atoms. The fourth-order valence-corrected chi connectivity index (χ4v) is 3.90. The van der Waals surface area contributed by atoms with Gasteiger partial charge in [0.25, 0.3) is 0 Å². The van der Waals surface area contributed by atoms with Crippen LogP contribution in [0.15, 0.2) is 85.3 Å². The topological polar surface area (TPSA) is 133 Å². The number of aromatic nitrogens is 2. The van der Waals surface area contributed by atoms with Crippen LogP contribution in [-0.4, -0.2) is 45.1 Å². The molecule has 9 heteroatoms. The van der Waals surface area contributed by atoms with E-state index < -0.39 is 30.1 Å². The van der Waals surface area contributed by atoms with Crippen LogP contribution in [0.4, 0.5) is 4.79 Å². The molecule has 2 atom stereocenters. The zero-order valence-electron chi connectivity index (χ0n) is 19.4. The van der Waals surface area contributed by atoms with Gasteiger partial charge in [-0.25, -0.2) is 14.6 Å². The monoisotopic (exact) mass is 486 g/mol. The van der Waals surface area contributed by atoms with Gasteiger partial charge in [0, 0.05) is 24.7 Å². The molecule has 0 saturated heterocycles. The fraction of sp³-hybridized carbons (Fsp3) is 0.185. The summed E-state index contributed by atoms with van der Waals surface area (Å²) in [6.45, 7) is 0.0346. The molecule has 1 heterocycles. The molecular weight excluding hydrogens is 460 g/mol. The Kier molecular flexibility index (Phi) is 7.92. The Hall–Kier alpha value is -4.66. The number of carboxylic acid groups (broad SMARTS) is 1. The lowest BCUT2D eigenvalue weighted by atomic mass is 9.98. The Morgan fingerprint density at radius 1 is 0.889 bits per heavy atom. The van der Waals surface area contributed by atoms with Gasteiger partial charge < -0.3 is 25.5 Å². The number of nitrogens with one attached hydrogen (secondary N) is 3. The van der Waals surface area contributed by atoms with Gasteiger partial charge in [-0.2, -0.15) is 0 Å². The lowest BCUT2D eigenvalue weighted by Gasteiger charge is -2.22. The maximum atomic E-state index is 13.3. The molecule has 9 nitrogen and oxygen atoms in total. The van der Waals surface area contributed by atoms with Gasteiger partial charge >= 0.3 is 12.1 Å². The van der Waals surface area contributed by atoms with Crippen molar-refractivity contribution >= 4 is 28.7 Å². The number of benzene rings is 3. The summed E-state index contributed by atoms with van der Waals surface area (Å²) < 4.78 is 5.31. The molecule has 0 unspecified atom stereocenters. The predicted molar refractivity (Wildman–Crippen MR) is 133 cm³/mol. The van der Waals surface area contributed by atoms with Crippen molar-refractivity contribution in [2.24, 2.45) is 0 Å². The standard InChI is InChI=1S/C27H26N4O5/c32-25(30-24(26(33)34)14-21-15-28-17-29-21)23(31-27(35)36-16-18-7-2-1-3-8-18)13-20-11-6-10-19-9-4-5-12-22(19)20/h1-12,15,17,23-24H,13-14,16H2,(H,28,29)(H,30,32)(H,31,35)(H,33,34)/t23-,24-/m0/s1. The van der Waals surface area contributed by atoms with Gasteiger partial charge in [-0.15, -0.1) is 0 Å². The predicted octanol–water partition coefficient (Wildman–Crippen LogP) is 3.21. The second-order valence-corrected chi connectivity index (χ2v) is 8.28. The molecule has 1 aromatic heterocycles. The number of fused-ring (bicyclic) bond motifs is 1. The number of rotatable bonds is 10. The Morgan fingerprint density at radius 2 is 1.64 bits per heavy atom. The number of aliphatic carboxylic acids is 1. The average Bonchev–Trinajstić information content (AvgIpc) is 3.40. The number of carbonyl (C=O) groups excluding carboxylic acids is 2. The van der Waals surface area contributed by atoms with E-state index >= 15 is 0 Å². The highest BCUT2D eigenvalue weighted by Crippen LogP contribution is 2.20. The number of amides is 2. The SMILES string of the molecule is O=C(N[C@@H](Cc1cccc2ccccc12)C(=O)N[C@@H](Cc1cnc[nH]1)C(=O)O)OCc1ccccc1. The molecule has 4 aromatic rings. The highest BCUT2D eigenvalue weighted by molar-refractivity contribution is 5.91. The largest absolute Gasteiger partial charge is 0.480 e. The lowest BCUT2D eigenvalue weighted by Crippen LogP contribution is -2.53. The molecule has 3 aromatic carbocycles. The smallest absolute Gasteiger partial charge is 0.408 e. The molecular formula is C27H26N4O5. The van der Waals surface area contributed by atoms with E-state index in [1.807, 2.05) is 72.8 Å². The molecule has 4 N–H and O–H groups in total. The first kappa shape index (κ1) is 24.5. The van der Waals surface area contributed by atoms with Crippen molar-refractivity contribution in [1.29, 1.82) is 0 Å². The lowest BCUT2D eigenvalue weighted by molar-refractivity contribution is -0.142. The van der Waals surface area contributed by atoms with Crippen LogP contribution < -0.4 is 10.6 Å². The Morgan fingerprint density at radius 3 is 2.39 bits per heavy atom. The summed E-state index contributed by atoms with van der Waals surface area (Å²) in [5.74, 6) is -1.83. The normalized spacial score (nSPS) is 12.4. The third-order valence-electron chi connectivity index (χ3n) is 5.72. The van der Waals surface area contributed by atoms with E-state index in [9.17, 15) is 19.5 Å². The highest BCUT2D eigenvalue weighted by Gasteiger charge is 2.28. The average molecular weight is 487 g/mol. The number of alkyl carbamates (subject to hydrolysis) is 1. The van der Waals surface area contributed by atoms with E-state index in [0.717, 1.165) is 21.9 Å². The van der Waals surface area contributed by atoms with Crippen LogP contribution in [0.3, 0.4) is 0 Å². The van der Waals surface area contributed by atoms with Gasteiger partial charge in [0.2, 0.25) is 5.91 Å². The number of ether oxygens (including phenoxy) is 1. The quantitative estimate of drug-likeness (QED) is 0.272. The van der Waals surface area contributed by atoms with Crippen LogP contribution in [0.2, 0.25) is 0 Å². The zero-order valence-corrected chi connectivity index (χ0v) is 19.4. The van der Waals surface area contributed by atoms with Gasteiger partial charge in [-0.3, -0.25) is 4.79 Å². The minimum Gasteiger partial charge on any atom is -0.480 e. The second-order valence-electron chi connectivity index (χ2n) is 8.28. The van der Waals surface area contributed by atoms with Crippen LogP contribution >= 0.6 is 0 Å². The van der Waals surface area contributed by atoms with Crippen LogP contribution in [-0.2, 0) is 33.8 Å². The molecule has 184 valence electrons. The van der Waals surface area contributed by atoms with E-state index in [1.165, 1.54) is 12.5 Å².